The van der Waals surface area contributed by atoms with Crippen LogP contribution >= 0.6 is 0 Å². The number of cyclic esters (lactones) is 1. The lowest BCUT2D eigenvalue weighted by molar-refractivity contribution is -0.162. The third-order valence-corrected chi connectivity index (χ3v) is 7.93. The molecule has 8 heteroatoms. The average Bonchev–Trinajstić information content (AvgIpc) is 2.92. The maximum absolute atomic E-state index is 13.3. The lowest BCUT2D eigenvalue weighted by Gasteiger charge is -2.33. The van der Waals surface area contributed by atoms with Gasteiger partial charge in [-0.05, 0) is 45.3 Å². The van der Waals surface area contributed by atoms with Crippen molar-refractivity contribution in [3.05, 3.63) is 59.4 Å². The van der Waals surface area contributed by atoms with Crippen LogP contribution in [0.1, 0.15) is 61.8 Å². The van der Waals surface area contributed by atoms with Crippen LogP contribution in [-0.4, -0.2) is 71.8 Å². The first-order valence-electron chi connectivity index (χ1n) is 14.4. The quantitative estimate of drug-likeness (QED) is 0.267. The summed E-state index contributed by atoms with van der Waals surface area (Å²) in [7, 11) is 2.85. The van der Waals surface area contributed by atoms with Gasteiger partial charge in [0, 0.05) is 30.8 Å². The maximum Gasteiger partial charge on any atom is 0.373 e. The molecule has 10 atom stereocenters. The van der Waals surface area contributed by atoms with Crippen LogP contribution in [0.5, 0.6) is 0 Å². The largest absolute Gasteiger partial charge is 0.490 e. The number of ketones is 1. The summed E-state index contributed by atoms with van der Waals surface area (Å²) in [6.45, 7) is 14.5. The molecule has 1 aliphatic heterocycles. The Morgan fingerprint density at radius 3 is 2.32 bits per heavy atom. The Labute approximate surface area is 246 Å². The van der Waals surface area contributed by atoms with Gasteiger partial charge in [0.25, 0.3) is 0 Å². The van der Waals surface area contributed by atoms with E-state index in [1.807, 2.05) is 45.9 Å². The van der Waals surface area contributed by atoms with E-state index in [1.54, 1.807) is 45.9 Å². The lowest BCUT2D eigenvalue weighted by Crippen LogP contribution is -2.45. The molecule has 0 fully saturated rings. The van der Waals surface area contributed by atoms with Gasteiger partial charge in [0.15, 0.2) is 5.78 Å². The van der Waals surface area contributed by atoms with Gasteiger partial charge in [-0.3, -0.25) is 4.79 Å². The van der Waals surface area contributed by atoms with Crippen LogP contribution < -0.4 is 0 Å². The molecular weight excluding hydrogens is 524 g/mol. The molecule has 41 heavy (non-hydrogen) atoms. The molecule has 1 heterocycles. The lowest BCUT2D eigenvalue weighted by atomic mass is 9.84. The number of carbonyl (C=O) groups excluding carboxylic acids is 2. The number of rotatable bonds is 9. The van der Waals surface area contributed by atoms with Crippen LogP contribution in [0, 0.1) is 29.6 Å². The third-order valence-electron chi connectivity index (χ3n) is 7.93. The number of hydrogen-bond donors (Lipinski definition) is 3. The van der Waals surface area contributed by atoms with Crippen LogP contribution in [0.4, 0.5) is 0 Å². The Morgan fingerprint density at radius 1 is 1.12 bits per heavy atom. The molecule has 232 valence electrons. The van der Waals surface area contributed by atoms with Gasteiger partial charge >= 0.3 is 5.97 Å². The second-order valence-electron chi connectivity index (χ2n) is 11.6. The highest BCUT2D eigenvalue weighted by molar-refractivity contribution is 5.92. The standard InChI is InChI=1S/C33H52O8/c1-19-12-11-13-28(39-9)32(25(7)31(37)24(6)27(35)15-14-21(3)26(8)34)41-33(38)29(40-10)18-20(2)17-23(5)30(36)22(4)16-19/h11-15,17-18,21-26,28,30-32,34,36-37H,16H2,1-10H3. The fourth-order valence-electron chi connectivity index (χ4n) is 4.87. The topological polar surface area (TPSA) is 123 Å². The summed E-state index contributed by atoms with van der Waals surface area (Å²) in [5, 5.41) is 31.8. The van der Waals surface area contributed by atoms with E-state index in [0.717, 1.165) is 11.1 Å². The molecule has 0 saturated heterocycles. The van der Waals surface area contributed by atoms with Gasteiger partial charge in [-0.2, -0.15) is 0 Å². The minimum absolute atomic E-state index is 0.000220. The van der Waals surface area contributed by atoms with E-state index in [1.165, 1.54) is 20.3 Å². The molecule has 0 radical (unpaired) electrons. The van der Waals surface area contributed by atoms with Crippen molar-refractivity contribution in [2.75, 3.05) is 14.2 Å². The minimum atomic E-state index is -1.17. The zero-order valence-electron chi connectivity index (χ0n) is 26.4. The van der Waals surface area contributed by atoms with Crippen LogP contribution in [0.3, 0.4) is 0 Å². The van der Waals surface area contributed by atoms with Gasteiger partial charge in [0.1, 0.15) is 12.2 Å². The Hall–Kier alpha value is -2.52. The summed E-state index contributed by atoms with van der Waals surface area (Å²) in [4.78, 5) is 26.2. The second kappa shape index (κ2) is 17.4. The summed E-state index contributed by atoms with van der Waals surface area (Å²) in [6.07, 6.45) is 8.56. The summed E-state index contributed by atoms with van der Waals surface area (Å²) in [5.41, 5.74) is 1.78. The molecule has 0 aromatic heterocycles. The predicted molar refractivity (Wildman–Crippen MR) is 161 cm³/mol. The summed E-state index contributed by atoms with van der Waals surface area (Å²) in [6, 6.07) is 0. The molecule has 0 amide bonds. The molecule has 0 aromatic rings. The van der Waals surface area contributed by atoms with Crippen molar-refractivity contribution in [1.29, 1.82) is 0 Å². The Bertz CT molecular complexity index is 1000. The van der Waals surface area contributed by atoms with Crippen molar-refractivity contribution in [1.82, 2.24) is 0 Å². The van der Waals surface area contributed by atoms with E-state index in [2.05, 4.69) is 0 Å². The average molecular weight is 577 g/mol. The summed E-state index contributed by atoms with van der Waals surface area (Å²) < 4.78 is 17.0. The number of aliphatic hydroxyl groups excluding tert-OH is 3. The van der Waals surface area contributed by atoms with Gasteiger partial charge in [-0.25, -0.2) is 4.79 Å². The fourth-order valence-corrected chi connectivity index (χ4v) is 4.87. The van der Waals surface area contributed by atoms with Gasteiger partial charge in [-0.15, -0.1) is 0 Å². The van der Waals surface area contributed by atoms with Crippen LogP contribution in [0.15, 0.2) is 59.4 Å². The first-order valence-corrected chi connectivity index (χ1v) is 14.4. The number of methoxy groups -OCH3 is 2. The van der Waals surface area contributed by atoms with E-state index in [0.29, 0.717) is 6.42 Å². The second-order valence-corrected chi connectivity index (χ2v) is 11.6. The molecule has 0 aromatic carbocycles. The molecule has 0 bridgehead atoms. The van der Waals surface area contributed by atoms with Gasteiger partial charge in [-0.1, -0.05) is 76.1 Å². The van der Waals surface area contributed by atoms with E-state index in [9.17, 15) is 24.9 Å². The normalized spacial score (nSPS) is 29.0. The smallest absolute Gasteiger partial charge is 0.373 e. The molecule has 8 nitrogen and oxygen atoms in total. The fraction of sp³-hybridized carbons (Fsp3) is 0.636. The monoisotopic (exact) mass is 576 g/mol. The Morgan fingerprint density at radius 2 is 1.76 bits per heavy atom. The summed E-state index contributed by atoms with van der Waals surface area (Å²) >= 11 is 0. The van der Waals surface area contributed by atoms with Crippen molar-refractivity contribution in [3.63, 3.8) is 0 Å². The number of ether oxygens (including phenoxy) is 3. The molecular formula is C33H52O8. The van der Waals surface area contributed by atoms with Crippen LogP contribution in [0.2, 0.25) is 0 Å². The Balaban J connectivity index is 3.49. The molecule has 10 unspecified atom stereocenters. The highest BCUT2D eigenvalue weighted by Gasteiger charge is 2.38. The molecule has 0 saturated carbocycles. The number of carbonyl (C=O) groups is 2. The highest BCUT2D eigenvalue weighted by atomic mass is 16.6. The SMILES string of the molecule is COC1=CC(C)=CC(C)C(O)C(C)CC(C)=CC=CC(OC)C(C(C)C(O)C(C)C(=O)C=CC(C)C(C)O)OC1=O. The van der Waals surface area contributed by atoms with Crippen molar-refractivity contribution in [3.8, 4) is 0 Å². The first-order chi connectivity index (χ1) is 19.1. The highest BCUT2D eigenvalue weighted by Crippen LogP contribution is 2.27. The molecule has 0 spiro atoms. The number of hydrogen-bond acceptors (Lipinski definition) is 8. The molecule has 1 rings (SSSR count). The molecule has 3 N–H and O–H groups in total. The van der Waals surface area contributed by atoms with Crippen molar-refractivity contribution in [2.24, 2.45) is 29.6 Å². The van der Waals surface area contributed by atoms with Gasteiger partial charge in [0.2, 0.25) is 5.76 Å². The molecule has 1 aliphatic rings. The van der Waals surface area contributed by atoms with E-state index >= 15 is 0 Å². The van der Waals surface area contributed by atoms with E-state index in [-0.39, 0.29) is 29.3 Å². The van der Waals surface area contributed by atoms with Gasteiger partial charge < -0.3 is 29.5 Å². The Kier molecular flexibility index (Phi) is 15.5. The van der Waals surface area contributed by atoms with E-state index in [4.69, 9.17) is 14.2 Å². The third kappa shape index (κ3) is 11.3. The van der Waals surface area contributed by atoms with Crippen molar-refractivity contribution in [2.45, 2.75) is 92.3 Å². The number of aliphatic hydroxyl groups is 3. The number of esters is 1. The van der Waals surface area contributed by atoms with E-state index < -0.39 is 48.3 Å². The van der Waals surface area contributed by atoms with Crippen molar-refractivity contribution < 1.29 is 39.1 Å². The zero-order chi connectivity index (χ0) is 31.4. The zero-order valence-corrected chi connectivity index (χ0v) is 26.4. The van der Waals surface area contributed by atoms with Crippen LogP contribution in [-0.2, 0) is 23.8 Å². The molecule has 0 aliphatic carbocycles. The van der Waals surface area contributed by atoms with Crippen LogP contribution in [0.25, 0.3) is 0 Å². The maximum atomic E-state index is 13.3. The van der Waals surface area contributed by atoms with Crippen molar-refractivity contribution >= 4 is 11.8 Å². The predicted octanol–water partition coefficient (Wildman–Crippen LogP) is 4.70. The summed E-state index contributed by atoms with van der Waals surface area (Å²) in [5.74, 6) is -2.98. The minimum Gasteiger partial charge on any atom is -0.490 e. The number of allylic oxidation sites excluding steroid dienone is 6. The first kappa shape index (κ1) is 36.5. The van der Waals surface area contributed by atoms with Gasteiger partial charge in [0.05, 0.1) is 25.4 Å².